The van der Waals surface area contributed by atoms with Crippen LogP contribution in [-0.2, 0) is 9.53 Å². The highest BCUT2D eigenvalue weighted by Gasteiger charge is 2.45. The van der Waals surface area contributed by atoms with Crippen LogP contribution in [0.1, 0.15) is 19.3 Å². The largest absolute Gasteiger partial charge is 0.376 e. The molecule has 0 unspecified atom stereocenters. The predicted molar refractivity (Wildman–Crippen MR) is 76.7 cm³/mol. The summed E-state index contributed by atoms with van der Waals surface area (Å²) in [5, 5.41) is 3.15. The quantitative estimate of drug-likeness (QED) is 0.882. The first kappa shape index (κ1) is 13.0. The summed E-state index contributed by atoms with van der Waals surface area (Å²) in [7, 11) is 0. The second kappa shape index (κ2) is 5.26. The topological polar surface area (TPSA) is 67.4 Å². The summed E-state index contributed by atoms with van der Waals surface area (Å²) in [6.45, 7) is 2.22. The highest BCUT2D eigenvalue weighted by molar-refractivity contribution is 5.80. The number of ether oxygens (including phenoxy) is 1. The Bertz CT molecular complexity index is 520. The van der Waals surface area contributed by atoms with Crippen molar-refractivity contribution in [3.63, 3.8) is 0 Å². The molecule has 2 saturated heterocycles. The van der Waals surface area contributed by atoms with Gasteiger partial charge >= 0.3 is 0 Å². The van der Waals surface area contributed by atoms with Gasteiger partial charge in [-0.1, -0.05) is 0 Å². The number of anilines is 1. The van der Waals surface area contributed by atoms with E-state index in [1.807, 2.05) is 0 Å². The molecule has 0 aromatic carbocycles. The molecule has 1 saturated carbocycles. The summed E-state index contributed by atoms with van der Waals surface area (Å²) >= 11 is 0. The van der Waals surface area contributed by atoms with Gasteiger partial charge in [0, 0.05) is 44.0 Å². The van der Waals surface area contributed by atoms with Crippen LogP contribution in [0.25, 0.3) is 0 Å². The molecule has 3 aliphatic rings. The second-order valence-electron chi connectivity index (χ2n) is 6.20. The van der Waals surface area contributed by atoms with E-state index in [1.165, 1.54) is 0 Å². The number of nitrogens with one attached hydrogen (secondary N) is 1. The van der Waals surface area contributed by atoms with E-state index in [-0.39, 0.29) is 17.9 Å². The van der Waals surface area contributed by atoms with Crippen molar-refractivity contribution in [2.45, 2.75) is 31.4 Å². The molecule has 0 bridgehead atoms. The van der Waals surface area contributed by atoms with Crippen LogP contribution in [0.5, 0.6) is 0 Å². The SMILES string of the molecule is O=C(NC1CC1)[C@@H]1CN(c2ncccn2)C[C@H]2OCC[C@H]21. The van der Waals surface area contributed by atoms with Gasteiger partial charge in [0.25, 0.3) is 0 Å². The van der Waals surface area contributed by atoms with Crippen LogP contribution in [0.15, 0.2) is 18.5 Å². The van der Waals surface area contributed by atoms with Gasteiger partial charge in [0.2, 0.25) is 11.9 Å². The molecule has 0 spiro atoms. The maximum Gasteiger partial charge on any atom is 0.225 e. The van der Waals surface area contributed by atoms with Crippen LogP contribution in [0, 0.1) is 11.8 Å². The lowest BCUT2D eigenvalue weighted by atomic mass is 9.82. The fraction of sp³-hybridized carbons (Fsp3) is 0.667. The Morgan fingerprint density at radius 2 is 2.05 bits per heavy atom. The number of aromatic nitrogens is 2. The van der Waals surface area contributed by atoms with Crippen LogP contribution in [0.4, 0.5) is 5.95 Å². The molecule has 4 rings (SSSR count). The molecular weight excluding hydrogens is 268 g/mol. The average Bonchev–Trinajstić information content (AvgIpc) is 3.20. The minimum Gasteiger partial charge on any atom is -0.376 e. The minimum absolute atomic E-state index is 0.0179. The maximum absolute atomic E-state index is 12.5. The van der Waals surface area contributed by atoms with Gasteiger partial charge < -0.3 is 15.0 Å². The van der Waals surface area contributed by atoms with Crippen LogP contribution < -0.4 is 10.2 Å². The predicted octanol–water partition coefficient (Wildman–Crippen LogP) is 0.596. The maximum atomic E-state index is 12.5. The van der Waals surface area contributed by atoms with Gasteiger partial charge in [-0.05, 0) is 25.3 Å². The molecule has 3 atom stereocenters. The Balaban J connectivity index is 1.54. The second-order valence-corrected chi connectivity index (χ2v) is 6.20. The van der Waals surface area contributed by atoms with Gasteiger partial charge in [0.05, 0.1) is 12.0 Å². The third-order valence-electron chi connectivity index (χ3n) is 4.69. The van der Waals surface area contributed by atoms with E-state index in [9.17, 15) is 4.79 Å². The highest BCUT2D eigenvalue weighted by atomic mass is 16.5. The summed E-state index contributed by atoms with van der Waals surface area (Å²) < 4.78 is 5.83. The number of fused-ring (bicyclic) bond motifs is 1. The standard InChI is InChI=1S/C15H20N4O2/c20-14(18-10-2-3-10)12-8-19(15-16-5-1-6-17-15)9-13-11(12)4-7-21-13/h1,5-6,10-13H,2-4,7-9H2,(H,18,20)/t11-,12+,13+/m0/s1. The molecule has 21 heavy (non-hydrogen) atoms. The molecule has 1 aromatic heterocycles. The first-order valence-corrected chi connectivity index (χ1v) is 7.75. The number of carbonyl (C=O) groups is 1. The molecule has 1 aliphatic carbocycles. The van der Waals surface area contributed by atoms with Crippen molar-refractivity contribution in [2.24, 2.45) is 11.8 Å². The monoisotopic (exact) mass is 288 g/mol. The van der Waals surface area contributed by atoms with Crippen LogP contribution in [0.3, 0.4) is 0 Å². The van der Waals surface area contributed by atoms with E-state index >= 15 is 0 Å². The van der Waals surface area contributed by atoms with Crippen LogP contribution in [0.2, 0.25) is 0 Å². The van der Waals surface area contributed by atoms with E-state index in [4.69, 9.17) is 4.74 Å². The van der Waals surface area contributed by atoms with E-state index in [1.54, 1.807) is 18.5 Å². The Hall–Kier alpha value is -1.69. The van der Waals surface area contributed by atoms with Crippen molar-refractivity contribution in [3.05, 3.63) is 18.5 Å². The van der Waals surface area contributed by atoms with Gasteiger partial charge in [-0.3, -0.25) is 4.79 Å². The summed E-state index contributed by atoms with van der Waals surface area (Å²) in [6.07, 6.45) is 6.82. The number of piperidine rings is 1. The number of nitrogens with zero attached hydrogens (tertiary/aromatic N) is 3. The zero-order valence-corrected chi connectivity index (χ0v) is 11.9. The molecule has 1 aromatic rings. The molecule has 112 valence electrons. The van der Waals surface area contributed by atoms with Crippen molar-refractivity contribution < 1.29 is 9.53 Å². The lowest BCUT2D eigenvalue weighted by molar-refractivity contribution is -0.128. The molecule has 6 heteroatoms. The van der Waals surface area contributed by atoms with Gasteiger partial charge in [-0.25, -0.2) is 9.97 Å². The van der Waals surface area contributed by atoms with Gasteiger partial charge in [0.15, 0.2) is 0 Å². The van der Waals surface area contributed by atoms with Crippen molar-refractivity contribution in [1.82, 2.24) is 15.3 Å². The van der Waals surface area contributed by atoms with E-state index < -0.39 is 0 Å². The third kappa shape index (κ3) is 2.60. The molecule has 1 N–H and O–H groups in total. The molecule has 3 heterocycles. The summed E-state index contributed by atoms with van der Waals surface area (Å²) in [5.41, 5.74) is 0. The van der Waals surface area contributed by atoms with Crippen molar-refractivity contribution in [3.8, 4) is 0 Å². The smallest absolute Gasteiger partial charge is 0.225 e. The number of carbonyl (C=O) groups excluding carboxylic acids is 1. The van der Waals surface area contributed by atoms with Crippen LogP contribution >= 0.6 is 0 Å². The van der Waals surface area contributed by atoms with Gasteiger partial charge in [-0.15, -0.1) is 0 Å². The molecule has 0 radical (unpaired) electrons. The molecular formula is C15H20N4O2. The van der Waals surface area contributed by atoms with E-state index in [2.05, 4.69) is 20.2 Å². The molecule has 2 aliphatic heterocycles. The zero-order valence-electron chi connectivity index (χ0n) is 11.9. The Morgan fingerprint density at radius 3 is 2.81 bits per heavy atom. The van der Waals surface area contributed by atoms with Crippen molar-refractivity contribution >= 4 is 11.9 Å². The fourth-order valence-electron chi connectivity index (χ4n) is 3.41. The Labute approximate surface area is 123 Å². The molecule has 6 nitrogen and oxygen atoms in total. The normalized spacial score (nSPS) is 31.8. The summed E-state index contributed by atoms with van der Waals surface area (Å²) in [6, 6.07) is 2.21. The van der Waals surface area contributed by atoms with Crippen molar-refractivity contribution in [1.29, 1.82) is 0 Å². The molecule has 1 amide bonds. The number of rotatable bonds is 3. The number of hydrogen-bond acceptors (Lipinski definition) is 5. The average molecular weight is 288 g/mol. The zero-order chi connectivity index (χ0) is 14.2. The third-order valence-corrected chi connectivity index (χ3v) is 4.69. The van der Waals surface area contributed by atoms with Crippen molar-refractivity contribution in [2.75, 3.05) is 24.6 Å². The summed E-state index contributed by atoms with van der Waals surface area (Å²) in [5.74, 6) is 1.19. The Morgan fingerprint density at radius 1 is 1.24 bits per heavy atom. The highest BCUT2D eigenvalue weighted by Crippen LogP contribution is 2.35. The first-order chi connectivity index (χ1) is 10.3. The molecule has 3 fully saturated rings. The van der Waals surface area contributed by atoms with Gasteiger partial charge in [0.1, 0.15) is 0 Å². The van der Waals surface area contributed by atoms with E-state index in [0.717, 1.165) is 32.4 Å². The Kier molecular flexibility index (Phi) is 3.25. The van der Waals surface area contributed by atoms with Crippen LogP contribution in [-0.4, -0.2) is 47.7 Å². The lowest BCUT2D eigenvalue weighted by Gasteiger charge is -2.39. The summed E-state index contributed by atoms with van der Waals surface area (Å²) in [4.78, 5) is 23.2. The van der Waals surface area contributed by atoms with Gasteiger partial charge in [-0.2, -0.15) is 0 Å². The number of amides is 1. The first-order valence-electron chi connectivity index (χ1n) is 7.75. The minimum atomic E-state index is -0.0179. The lowest BCUT2D eigenvalue weighted by Crippen LogP contribution is -2.53. The van der Waals surface area contributed by atoms with E-state index in [0.29, 0.717) is 24.5 Å². The number of hydrogen-bond donors (Lipinski definition) is 1. The fourth-order valence-corrected chi connectivity index (χ4v) is 3.41.